The maximum Gasteiger partial charge on any atom is 0.318 e. The van der Waals surface area contributed by atoms with E-state index < -0.39 is 24.5 Å². The average molecular weight is 353 g/mol. The van der Waals surface area contributed by atoms with Crippen molar-refractivity contribution >= 4 is 52.0 Å². The maximum atomic E-state index is 11.7. The highest BCUT2D eigenvalue weighted by molar-refractivity contribution is 8.00. The van der Waals surface area contributed by atoms with Crippen LogP contribution in [0.3, 0.4) is 0 Å². The van der Waals surface area contributed by atoms with Gasteiger partial charge < -0.3 is 10.5 Å². The standard InChI is InChI=1S/C15H13ClN2O4S/c16-10-5-1-3-9-4-2-6-11(14(9)10)23-8-13(20)22-7-12(19)18-15(17)21/h1-6H,7-8H2,(H3,17,18,19,21). The Morgan fingerprint density at radius 2 is 1.87 bits per heavy atom. The van der Waals surface area contributed by atoms with Gasteiger partial charge in [0.25, 0.3) is 5.91 Å². The molecule has 0 aromatic heterocycles. The first kappa shape index (κ1) is 17.1. The van der Waals surface area contributed by atoms with Crippen molar-refractivity contribution in [3.8, 4) is 0 Å². The molecule has 0 saturated carbocycles. The molecule has 0 atom stereocenters. The van der Waals surface area contributed by atoms with E-state index in [1.54, 1.807) is 11.4 Å². The summed E-state index contributed by atoms with van der Waals surface area (Å²) in [6.07, 6.45) is 0. The number of nitrogens with one attached hydrogen (secondary N) is 1. The molecule has 3 amide bonds. The number of rotatable bonds is 5. The molecule has 0 radical (unpaired) electrons. The summed E-state index contributed by atoms with van der Waals surface area (Å²) >= 11 is 7.46. The van der Waals surface area contributed by atoms with E-state index in [0.717, 1.165) is 15.7 Å². The second kappa shape index (κ2) is 7.85. The zero-order chi connectivity index (χ0) is 16.8. The monoisotopic (exact) mass is 352 g/mol. The summed E-state index contributed by atoms with van der Waals surface area (Å²) < 4.78 is 4.76. The van der Waals surface area contributed by atoms with Gasteiger partial charge in [-0.25, -0.2) is 4.79 Å². The van der Waals surface area contributed by atoms with E-state index in [1.165, 1.54) is 11.8 Å². The molecule has 2 rings (SSSR count). The molecule has 8 heteroatoms. The number of amides is 3. The molecule has 3 N–H and O–H groups in total. The van der Waals surface area contributed by atoms with Crippen molar-refractivity contribution in [1.82, 2.24) is 5.32 Å². The van der Waals surface area contributed by atoms with Crippen LogP contribution < -0.4 is 11.1 Å². The zero-order valence-corrected chi connectivity index (χ0v) is 13.4. The topological polar surface area (TPSA) is 98.5 Å². The zero-order valence-electron chi connectivity index (χ0n) is 11.9. The second-order valence-electron chi connectivity index (χ2n) is 4.46. The minimum atomic E-state index is -0.995. The number of primary amides is 1. The highest BCUT2D eigenvalue weighted by Crippen LogP contribution is 2.33. The van der Waals surface area contributed by atoms with Gasteiger partial charge in [-0.3, -0.25) is 14.9 Å². The number of imide groups is 1. The van der Waals surface area contributed by atoms with Crippen LogP contribution in [0.4, 0.5) is 4.79 Å². The van der Waals surface area contributed by atoms with Gasteiger partial charge in [0.15, 0.2) is 6.61 Å². The highest BCUT2D eigenvalue weighted by Gasteiger charge is 2.11. The van der Waals surface area contributed by atoms with Gasteiger partial charge in [-0.15, -0.1) is 11.8 Å². The largest absolute Gasteiger partial charge is 0.455 e. The van der Waals surface area contributed by atoms with Gasteiger partial charge in [-0.05, 0) is 17.5 Å². The molecule has 120 valence electrons. The fourth-order valence-electron chi connectivity index (χ4n) is 1.88. The first-order valence-electron chi connectivity index (χ1n) is 6.52. The fourth-order valence-corrected chi connectivity index (χ4v) is 3.12. The van der Waals surface area contributed by atoms with Crippen molar-refractivity contribution in [2.45, 2.75) is 4.90 Å². The lowest BCUT2D eigenvalue weighted by molar-refractivity contribution is -0.145. The molecule has 0 fully saturated rings. The third-order valence-electron chi connectivity index (χ3n) is 2.79. The van der Waals surface area contributed by atoms with Gasteiger partial charge >= 0.3 is 12.0 Å². The van der Waals surface area contributed by atoms with Crippen LogP contribution in [0.15, 0.2) is 41.3 Å². The normalized spacial score (nSPS) is 10.3. The van der Waals surface area contributed by atoms with E-state index in [1.807, 2.05) is 30.3 Å². The Balaban J connectivity index is 1.95. The first-order valence-corrected chi connectivity index (χ1v) is 7.88. The summed E-state index contributed by atoms with van der Waals surface area (Å²) in [6, 6.07) is 10.2. The quantitative estimate of drug-likeness (QED) is 0.635. The van der Waals surface area contributed by atoms with Gasteiger partial charge in [-0.1, -0.05) is 35.9 Å². The number of hydrogen-bond donors (Lipinski definition) is 2. The molecule has 2 aromatic rings. The molecule has 0 saturated heterocycles. The lowest BCUT2D eigenvalue weighted by Gasteiger charge is -2.08. The molecule has 2 aromatic carbocycles. The molecule has 0 aliphatic heterocycles. The Morgan fingerprint density at radius 1 is 1.17 bits per heavy atom. The average Bonchev–Trinajstić information content (AvgIpc) is 2.50. The Hall–Kier alpha value is -2.25. The van der Waals surface area contributed by atoms with E-state index in [9.17, 15) is 14.4 Å². The Kier molecular flexibility index (Phi) is 5.84. The van der Waals surface area contributed by atoms with Crippen LogP contribution in [0.2, 0.25) is 5.02 Å². The second-order valence-corrected chi connectivity index (χ2v) is 5.88. The van der Waals surface area contributed by atoms with Crippen LogP contribution in [0, 0.1) is 0 Å². The molecule has 0 aliphatic rings. The van der Waals surface area contributed by atoms with Crippen LogP contribution in [-0.2, 0) is 14.3 Å². The summed E-state index contributed by atoms with van der Waals surface area (Å²) in [6.45, 7) is -0.557. The van der Waals surface area contributed by atoms with Crippen molar-refractivity contribution in [2.75, 3.05) is 12.4 Å². The minimum absolute atomic E-state index is 0.00812. The van der Waals surface area contributed by atoms with E-state index in [4.69, 9.17) is 22.1 Å². The number of fused-ring (bicyclic) bond motifs is 1. The molecule has 0 spiro atoms. The Labute approximate surface area is 141 Å². The molecular formula is C15H13ClN2O4S. The number of benzene rings is 2. The Morgan fingerprint density at radius 3 is 2.57 bits per heavy atom. The predicted octanol–water partition coefficient (Wildman–Crippen LogP) is 2.32. The van der Waals surface area contributed by atoms with Crippen molar-refractivity contribution in [1.29, 1.82) is 0 Å². The number of hydrogen-bond acceptors (Lipinski definition) is 5. The molecule has 0 aliphatic carbocycles. The minimum Gasteiger partial charge on any atom is -0.455 e. The van der Waals surface area contributed by atoms with Gasteiger partial charge in [-0.2, -0.15) is 0 Å². The van der Waals surface area contributed by atoms with Crippen molar-refractivity contribution < 1.29 is 19.1 Å². The number of nitrogens with two attached hydrogens (primary N) is 1. The third-order valence-corrected chi connectivity index (χ3v) is 4.13. The predicted molar refractivity (Wildman–Crippen MR) is 88.4 cm³/mol. The summed E-state index contributed by atoms with van der Waals surface area (Å²) in [5.74, 6) is -1.35. The van der Waals surface area contributed by atoms with Crippen molar-refractivity contribution in [3.63, 3.8) is 0 Å². The first-order chi connectivity index (χ1) is 11.0. The lowest BCUT2D eigenvalue weighted by atomic mass is 10.1. The van der Waals surface area contributed by atoms with Gasteiger partial charge in [0.1, 0.15) is 0 Å². The summed E-state index contributed by atoms with van der Waals surface area (Å²) in [5.41, 5.74) is 4.77. The molecule has 0 unspecified atom stereocenters. The molecule has 0 heterocycles. The smallest absolute Gasteiger partial charge is 0.318 e. The summed E-state index contributed by atoms with van der Waals surface area (Å²) in [7, 11) is 0. The van der Waals surface area contributed by atoms with E-state index in [0.29, 0.717) is 5.02 Å². The number of halogens is 1. The number of ether oxygens (including phenoxy) is 1. The molecule has 0 bridgehead atoms. The highest BCUT2D eigenvalue weighted by atomic mass is 35.5. The van der Waals surface area contributed by atoms with E-state index in [2.05, 4.69) is 0 Å². The van der Waals surface area contributed by atoms with Crippen LogP contribution >= 0.6 is 23.4 Å². The Bertz CT molecular complexity index is 761. The number of carbonyl (C=O) groups excluding carboxylic acids is 3. The van der Waals surface area contributed by atoms with Crippen LogP contribution in [0.5, 0.6) is 0 Å². The van der Waals surface area contributed by atoms with E-state index in [-0.39, 0.29) is 5.75 Å². The molecular weight excluding hydrogens is 340 g/mol. The fraction of sp³-hybridized carbons (Fsp3) is 0.133. The molecule has 6 nitrogen and oxygen atoms in total. The van der Waals surface area contributed by atoms with E-state index >= 15 is 0 Å². The number of carbonyl (C=O) groups is 3. The lowest BCUT2D eigenvalue weighted by Crippen LogP contribution is -2.37. The van der Waals surface area contributed by atoms with Crippen LogP contribution in [0.1, 0.15) is 0 Å². The van der Waals surface area contributed by atoms with Gasteiger partial charge in [0, 0.05) is 15.3 Å². The number of urea groups is 1. The van der Waals surface area contributed by atoms with Crippen molar-refractivity contribution in [2.24, 2.45) is 5.73 Å². The van der Waals surface area contributed by atoms with Gasteiger partial charge in [0.2, 0.25) is 0 Å². The van der Waals surface area contributed by atoms with Crippen molar-refractivity contribution in [3.05, 3.63) is 41.4 Å². The summed E-state index contributed by atoms with van der Waals surface area (Å²) in [4.78, 5) is 34.1. The van der Waals surface area contributed by atoms with Crippen LogP contribution in [-0.4, -0.2) is 30.3 Å². The third kappa shape index (κ3) is 4.87. The van der Waals surface area contributed by atoms with Crippen LogP contribution in [0.25, 0.3) is 10.8 Å². The molecule has 23 heavy (non-hydrogen) atoms. The van der Waals surface area contributed by atoms with Gasteiger partial charge in [0.05, 0.1) is 5.75 Å². The number of esters is 1. The number of thioether (sulfide) groups is 1. The maximum absolute atomic E-state index is 11.7. The summed E-state index contributed by atoms with van der Waals surface area (Å²) in [5, 5.41) is 4.23. The SMILES string of the molecule is NC(=O)NC(=O)COC(=O)CSc1cccc2cccc(Cl)c12.